The van der Waals surface area contributed by atoms with Gasteiger partial charge in [-0.25, -0.2) is 0 Å². The molecule has 10 nitrogen and oxygen atoms in total. The Hall–Kier alpha value is -2.60. The second kappa shape index (κ2) is 11.8. The minimum atomic E-state index is -7.15. The van der Waals surface area contributed by atoms with Crippen LogP contribution in [0.15, 0.2) is 24.3 Å². The van der Waals surface area contributed by atoms with E-state index in [0.717, 1.165) is 12.1 Å². The van der Waals surface area contributed by atoms with Crippen molar-refractivity contribution in [1.82, 2.24) is 5.32 Å². The van der Waals surface area contributed by atoms with E-state index in [1.165, 1.54) is 0 Å². The smallest absolute Gasteiger partial charge is 0.450 e. The molecule has 0 aliphatic carbocycles. The Labute approximate surface area is 208 Å². The Kier molecular flexibility index (Phi) is 10.4. The summed E-state index contributed by atoms with van der Waals surface area (Å²) in [6.45, 7) is 3.34. The molecule has 0 fully saturated rings. The van der Waals surface area contributed by atoms with Crippen molar-refractivity contribution in [2.24, 2.45) is 5.92 Å². The van der Waals surface area contributed by atoms with E-state index in [-0.39, 0.29) is 31.9 Å². The fraction of sp³-hybridized carbons (Fsp3) is 0.579. The zero-order valence-corrected chi connectivity index (χ0v) is 20.9. The summed E-state index contributed by atoms with van der Waals surface area (Å²) in [6.07, 6.45) is 0.558. The van der Waals surface area contributed by atoms with E-state index in [9.17, 15) is 52.8 Å². The largest absolute Gasteiger partial charge is 0.465 e. The van der Waals surface area contributed by atoms with E-state index < -0.39 is 54.3 Å². The Bertz CT molecular complexity index is 1170. The maximum absolute atomic E-state index is 13.8. The second-order valence-electron chi connectivity index (χ2n) is 7.59. The summed E-state index contributed by atoms with van der Waals surface area (Å²) < 4.78 is 142. The molecule has 1 amide bonds. The Morgan fingerprint density at radius 1 is 1.00 bits per heavy atom. The lowest BCUT2D eigenvalue weighted by molar-refractivity contribution is -0.247. The summed E-state index contributed by atoms with van der Waals surface area (Å²) in [7, 11) is -14.1. The van der Waals surface area contributed by atoms with Gasteiger partial charge in [-0.15, -0.1) is 0 Å². The van der Waals surface area contributed by atoms with Crippen LogP contribution in [0, 0.1) is 5.92 Å². The molecule has 0 saturated heterocycles. The number of ether oxygens (including phenoxy) is 1. The lowest BCUT2D eigenvalue weighted by Crippen LogP contribution is -2.61. The minimum Gasteiger partial charge on any atom is -0.465 e. The van der Waals surface area contributed by atoms with Gasteiger partial charge < -0.3 is 14.2 Å². The van der Waals surface area contributed by atoms with Crippen molar-refractivity contribution >= 4 is 32.1 Å². The standard InChI is InChI=1S/C19H23F6NO9S2/c1-3-12(2)16(28)34-11-9-15(27)26-10-8-13-4-6-14(7-5-13)35-37(32,33)19(24,25)17(20,21)18(22,23)36(29,30)31/h4-7,12H,3,8-11H2,1-2H3,(H,26,27)(H,29,30,31). The van der Waals surface area contributed by atoms with Crippen LogP contribution in [0.3, 0.4) is 0 Å². The van der Waals surface area contributed by atoms with Crippen molar-refractivity contribution in [3.05, 3.63) is 29.8 Å². The SMILES string of the molecule is CCC(C)C(=O)OCCC(=O)NCCc1ccc(OS(=O)(=O)C(F)(F)C(F)(F)C(F)(F)S(=O)(=O)O)cc1. The Balaban J connectivity index is 2.74. The first kappa shape index (κ1) is 32.4. The molecule has 1 unspecified atom stereocenters. The molecule has 1 aromatic rings. The Morgan fingerprint density at radius 3 is 2.03 bits per heavy atom. The molecule has 0 aromatic heterocycles. The third kappa shape index (κ3) is 7.47. The van der Waals surface area contributed by atoms with Crippen molar-refractivity contribution in [3.63, 3.8) is 0 Å². The first-order valence-corrected chi connectivity index (χ1v) is 13.1. The van der Waals surface area contributed by atoms with Crippen LogP contribution in [0.2, 0.25) is 0 Å². The fourth-order valence-electron chi connectivity index (χ4n) is 2.37. The van der Waals surface area contributed by atoms with Crippen LogP contribution in [0.4, 0.5) is 26.3 Å². The van der Waals surface area contributed by atoms with Crippen molar-refractivity contribution in [2.75, 3.05) is 13.2 Å². The molecular weight excluding hydrogens is 564 g/mol. The number of carbonyl (C=O) groups excluding carboxylic acids is 2. The highest BCUT2D eigenvalue weighted by Gasteiger charge is 2.83. The van der Waals surface area contributed by atoms with Crippen molar-refractivity contribution in [2.45, 2.75) is 49.5 Å². The molecule has 0 heterocycles. The lowest BCUT2D eigenvalue weighted by atomic mass is 10.1. The van der Waals surface area contributed by atoms with E-state index in [1.807, 2.05) is 0 Å². The van der Waals surface area contributed by atoms with Crippen LogP contribution in [0.25, 0.3) is 0 Å². The molecule has 0 aliphatic heterocycles. The van der Waals surface area contributed by atoms with Gasteiger partial charge in [-0.2, -0.15) is 43.2 Å². The molecule has 1 rings (SSSR count). The van der Waals surface area contributed by atoms with Crippen molar-refractivity contribution < 1.29 is 66.2 Å². The quantitative estimate of drug-likeness (QED) is 0.145. The summed E-state index contributed by atoms with van der Waals surface area (Å²) >= 11 is 0. The zero-order valence-electron chi connectivity index (χ0n) is 19.2. The highest BCUT2D eigenvalue weighted by atomic mass is 32.2. The van der Waals surface area contributed by atoms with Crippen molar-refractivity contribution in [3.8, 4) is 5.75 Å². The number of amides is 1. The summed E-state index contributed by atoms with van der Waals surface area (Å²) in [5.41, 5.74) is 0.364. The number of hydrogen-bond donors (Lipinski definition) is 2. The van der Waals surface area contributed by atoms with Gasteiger partial charge in [0, 0.05) is 6.54 Å². The number of halogens is 6. The van der Waals surface area contributed by atoms with Gasteiger partial charge in [0.05, 0.1) is 12.3 Å². The van der Waals surface area contributed by atoms with Crippen LogP contribution in [-0.2, 0) is 41.0 Å². The number of carbonyl (C=O) groups is 2. The first-order valence-electron chi connectivity index (χ1n) is 10.3. The topological polar surface area (TPSA) is 153 Å². The van der Waals surface area contributed by atoms with Gasteiger partial charge >= 0.3 is 42.6 Å². The molecule has 18 heteroatoms. The maximum Gasteiger partial charge on any atom is 0.450 e. The normalized spacial score (nSPS) is 14.1. The highest BCUT2D eigenvalue weighted by Crippen LogP contribution is 2.50. The van der Waals surface area contributed by atoms with Gasteiger partial charge in [0.2, 0.25) is 5.91 Å². The molecule has 0 spiro atoms. The van der Waals surface area contributed by atoms with Crippen LogP contribution in [0.5, 0.6) is 5.75 Å². The molecule has 37 heavy (non-hydrogen) atoms. The maximum atomic E-state index is 13.8. The van der Waals surface area contributed by atoms with Gasteiger partial charge in [0.25, 0.3) is 0 Å². The second-order valence-corrected chi connectivity index (χ2v) is 10.6. The number of rotatable bonds is 14. The summed E-state index contributed by atoms with van der Waals surface area (Å²) in [5, 5.41) is -11.2. The van der Waals surface area contributed by atoms with Gasteiger partial charge in [0.1, 0.15) is 12.4 Å². The first-order chi connectivity index (χ1) is 16.7. The monoisotopic (exact) mass is 587 g/mol. The third-order valence-electron chi connectivity index (χ3n) is 4.82. The number of benzene rings is 1. The molecule has 0 aliphatic rings. The number of hydrogen-bond acceptors (Lipinski definition) is 8. The third-order valence-corrected chi connectivity index (χ3v) is 7.02. The van der Waals surface area contributed by atoms with Crippen LogP contribution in [-0.4, -0.2) is 62.8 Å². The van der Waals surface area contributed by atoms with E-state index in [2.05, 4.69) is 9.50 Å². The predicted molar refractivity (Wildman–Crippen MR) is 114 cm³/mol. The average molecular weight is 588 g/mol. The minimum absolute atomic E-state index is 0.0334. The number of nitrogens with one attached hydrogen (secondary N) is 1. The average Bonchev–Trinajstić information content (AvgIpc) is 2.78. The summed E-state index contributed by atoms with van der Waals surface area (Å²) in [5.74, 6) is -9.36. The van der Waals surface area contributed by atoms with E-state index >= 15 is 0 Å². The molecule has 1 aromatic carbocycles. The Morgan fingerprint density at radius 2 is 1.54 bits per heavy atom. The summed E-state index contributed by atoms with van der Waals surface area (Å²) in [4.78, 5) is 23.3. The molecule has 0 saturated carbocycles. The molecular formula is C19H23F6NO9S2. The van der Waals surface area contributed by atoms with Crippen LogP contribution in [0.1, 0.15) is 32.3 Å². The highest BCUT2D eigenvalue weighted by molar-refractivity contribution is 7.88. The van der Waals surface area contributed by atoms with E-state index in [4.69, 9.17) is 9.29 Å². The molecule has 0 bridgehead atoms. The van der Waals surface area contributed by atoms with Crippen molar-refractivity contribution in [1.29, 1.82) is 0 Å². The van der Waals surface area contributed by atoms with E-state index in [1.54, 1.807) is 13.8 Å². The van der Waals surface area contributed by atoms with Crippen LogP contribution < -0.4 is 9.50 Å². The molecule has 2 N–H and O–H groups in total. The lowest BCUT2D eigenvalue weighted by Gasteiger charge is -2.29. The molecule has 1 atom stereocenters. The molecule has 0 radical (unpaired) electrons. The van der Waals surface area contributed by atoms with Crippen LogP contribution >= 0.6 is 0 Å². The predicted octanol–water partition coefficient (Wildman–Crippen LogP) is 2.74. The number of alkyl halides is 6. The van der Waals surface area contributed by atoms with Gasteiger partial charge in [-0.1, -0.05) is 26.0 Å². The van der Waals surface area contributed by atoms with Gasteiger partial charge in [0.15, 0.2) is 0 Å². The zero-order chi connectivity index (χ0) is 28.9. The number of esters is 1. The fourth-order valence-corrected chi connectivity index (χ4v) is 3.80. The van der Waals surface area contributed by atoms with E-state index in [0.29, 0.717) is 24.1 Å². The summed E-state index contributed by atoms with van der Waals surface area (Å²) in [6, 6.07) is 3.57. The van der Waals surface area contributed by atoms with Gasteiger partial charge in [-0.3, -0.25) is 14.1 Å². The molecule has 212 valence electrons. The van der Waals surface area contributed by atoms with Gasteiger partial charge in [-0.05, 0) is 30.5 Å².